The molecule has 0 bridgehead atoms. The van der Waals surface area contributed by atoms with Crippen molar-refractivity contribution in [2.24, 2.45) is 11.8 Å². The highest BCUT2D eigenvalue weighted by molar-refractivity contribution is 5.82. The van der Waals surface area contributed by atoms with Gasteiger partial charge in [-0.3, -0.25) is 4.79 Å². The van der Waals surface area contributed by atoms with Gasteiger partial charge in [0, 0.05) is 44.2 Å². The summed E-state index contributed by atoms with van der Waals surface area (Å²) in [6.07, 6.45) is 4.41. The fourth-order valence-electron chi connectivity index (χ4n) is 7.24. The summed E-state index contributed by atoms with van der Waals surface area (Å²) in [7, 11) is 0. The molecule has 4 nitrogen and oxygen atoms in total. The van der Waals surface area contributed by atoms with Crippen molar-refractivity contribution in [3.8, 4) is 0 Å². The summed E-state index contributed by atoms with van der Waals surface area (Å²) >= 11 is 0. The molecule has 2 aromatic carbocycles. The molecular weight excluding hydrogens is 489 g/mol. The van der Waals surface area contributed by atoms with E-state index in [-0.39, 0.29) is 36.1 Å². The normalized spacial score (nSPS) is 27.3. The molecule has 0 unspecified atom stereocenters. The number of hydrogen-bond acceptors (Lipinski definition) is 3. The van der Waals surface area contributed by atoms with Crippen molar-refractivity contribution in [3.05, 3.63) is 70.8 Å². The second kappa shape index (κ2) is 12.3. The standard InChI is InChI=1S/C30H41N3O.2ClH/c1-4-22(5-2)28-16-24(23-11-7-6-8-12-23)14-15-33(28)29(34)27-18-32-20-30(27)19-31-17-25-21(3)10-9-13-26(25)30;;/h6-13,22,24,27-28,31-32H,4-5,14-20H2,1-3H3;2*1H/p-2/t24-,27+,28+,30+;;/m1../s1. The predicted octanol–water partition coefficient (Wildman–Crippen LogP) is -1.23. The average molecular weight is 531 g/mol. The number of benzene rings is 2. The SMILES string of the molecule is CCC(CC)[C@@H]1C[C@H](c2ccccc2)CCN1C(=O)[C@@H]1CNC[C@]12CNCc1c(C)cccc12.[Cl-].[Cl-]. The van der Waals surface area contributed by atoms with Crippen LogP contribution in [0.25, 0.3) is 0 Å². The first-order valence-electron chi connectivity index (χ1n) is 13.4. The van der Waals surface area contributed by atoms with Crippen LogP contribution >= 0.6 is 0 Å². The van der Waals surface area contributed by atoms with Crippen molar-refractivity contribution in [2.45, 2.75) is 70.4 Å². The highest BCUT2D eigenvalue weighted by Gasteiger charge is 2.52. The molecule has 2 N–H and O–H groups in total. The van der Waals surface area contributed by atoms with Gasteiger partial charge in [-0.1, -0.05) is 75.2 Å². The Bertz CT molecular complexity index is 1010. The average Bonchev–Trinajstić information content (AvgIpc) is 3.29. The first-order valence-corrected chi connectivity index (χ1v) is 13.4. The van der Waals surface area contributed by atoms with Crippen LogP contribution in [0.1, 0.15) is 67.7 Å². The monoisotopic (exact) mass is 529 g/mol. The summed E-state index contributed by atoms with van der Waals surface area (Å²) < 4.78 is 0. The van der Waals surface area contributed by atoms with E-state index in [9.17, 15) is 4.79 Å². The van der Waals surface area contributed by atoms with E-state index in [1.165, 1.54) is 22.3 Å². The summed E-state index contributed by atoms with van der Waals surface area (Å²) in [5, 5.41) is 7.31. The zero-order valence-electron chi connectivity index (χ0n) is 21.9. The number of nitrogens with zero attached hydrogens (tertiary/aromatic N) is 1. The summed E-state index contributed by atoms with van der Waals surface area (Å²) in [5.41, 5.74) is 5.42. The van der Waals surface area contributed by atoms with E-state index in [1.54, 1.807) is 0 Å². The van der Waals surface area contributed by atoms with Crippen molar-refractivity contribution in [1.82, 2.24) is 15.5 Å². The molecule has 3 aliphatic rings. The molecule has 2 fully saturated rings. The van der Waals surface area contributed by atoms with Crippen molar-refractivity contribution >= 4 is 5.91 Å². The highest BCUT2D eigenvalue weighted by Crippen LogP contribution is 2.43. The lowest BCUT2D eigenvalue weighted by atomic mass is 9.67. The van der Waals surface area contributed by atoms with Crippen LogP contribution in [-0.4, -0.2) is 43.0 Å². The van der Waals surface area contributed by atoms with E-state index < -0.39 is 0 Å². The number of hydrogen-bond donors (Lipinski definition) is 2. The number of halogens is 2. The predicted molar refractivity (Wildman–Crippen MR) is 139 cm³/mol. The second-order valence-electron chi connectivity index (χ2n) is 10.9. The second-order valence-corrected chi connectivity index (χ2v) is 10.9. The molecule has 0 saturated carbocycles. The maximum Gasteiger partial charge on any atom is 0.228 e. The Morgan fingerprint density at radius 3 is 2.47 bits per heavy atom. The molecule has 5 rings (SSSR count). The number of fused-ring (bicyclic) bond motifs is 2. The van der Waals surface area contributed by atoms with Crippen LogP contribution in [0.2, 0.25) is 0 Å². The number of likely N-dealkylation sites (tertiary alicyclic amines) is 1. The smallest absolute Gasteiger partial charge is 0.228 e. The van der Waals surface area contributed by atoms with Gasteiger partial charge in [-0.15, -0.1) is 0 Å². The Balaban J connectivity index is 0.00000180. The van der Waals surface area contributed by atoms with E-state index >= 15 is 0 Å². The largest absolute Gasteiger partial charge is 1.00 e. The van der Waals surface area contributed by atoms with E-state index in [2.05, 4.69) is 84.8 Å². The fraction of sp³-hybridized carbons (Fsp3) is 0.567. The number of amides is 1. The quantitative estimate of drug-likeness (QED) is 0.510. The Labute approximate surface area is 229 Å². The molecule has 2 aromatic rings. The molecule has 198 valence electrons. The van der Waals surface area contributed by atoms with Gasteiger partial charge in [-0.25, -0.2) is 0 Å². The van der Waals surface area contributed by atoms with Crippen molar-refractivity contribution in [3.63, 3.8) is 0 Å². The number of carbonyl (C=O) groups excluding carboxylic acids is 1. The third-order valence-corrected chi connectivity index (χ3v) is 9.23. The van der Waals surface area contributed by atoms with Gasteiger partial charge in [0.25, 0.3) is 0 Å². The van der Waals surface area contributed by atoms with Gasteiger partial charge < -0.3 is 40.3 Å². The fourth-order valence-corrected chi connectivity index (χ4v) is 7.24. The molecule has 3 aliphatic heterocycles. The summed E-state index contributed by atoms with van der Waals surface area (Å²) in [6.45, 7) is 11.1. The molecule has 4 atom stereocenters. The summed E-state index contributed by atoms with van der Waals surface area (Å²) in [5.74, 6) is 1.47. The van der Waals surface area contributed by atoms with Crippen molar-refractivity contribution < 1.29 is 29.6 Å². The summed E-state index contributed by atoms with van der Waals surface area (Å²) in [6, 6.07) is 18.0. The van der Waals surface area contributed by atoms with Gasteiger partial charge in [0.15, 0.2) is 0 Å². The number of rotatable bonds is 5. The van der Waals surface area contributed by atoms with E-state index in [0.717, 1.165) is 58.4 Å². The molecule has 1 spiro atoms. The van der Waals surface area contributed by atoms with E-state index in [4.69, 9.17) is 0 Å². The Morgan fingerprint density at radius 1 is 1.03 bits per heavy atom. The molecule has 6 heteroatoms. The zero-order valence-corrected chi connectivity index (χ0v) is 23.4. The molecule has 0 aliphatic carbocycles. The van der Waals surface area contributed by atoms with E-state index in [0.29, 0.717) is 23.8 Å². The lowest BCUT2D eigenvalue weighted by Crippen LogP contribution is -3.00. The third kappa shape index (κ3) is 5.07. The molecule has 3 heterocycles. The molecule has 1 amide bonds. The number of nitrogens with one attached hydrogen (secondary N) is 2. The molecule has 0 radical (unpaired) electrons. The first kappa shape index (κ1) is 29.0. The molecule has 36 heavy (non-hydrogen) atoms. The van der Waals surface area contributed by atoms with Gasteiger partial charge in [0.1, 0.15) is 0 Å². The Hall–Kier alpha value is -1.59. The minimum Gasteiger partial charge on any atom is -1.00 e. The van der Waals surface area contributed by atoms with Crippen LogP contribution in [0.4, 0.5) is 0 Å². The molecule has 2 saturated heterocycles. The third-order valence-electron chi connectivity index (χ3n) is 9.23. The molecule has 0 aromatic heterocycles. The highest BCUT2D eigenvalue weighted by atomic mass is 35.5. The number of piperidine rings is 1. The van der Waals surface area contributed by atoms with E-state index in [1.807, 2.05) is 0 Å². The number of carbonyl (C=O) groups is 1. The maximum atomic E-state index is 14.4. The van der Waals surface area contributed by atoms with Gasteiger partial charge in [-0.05, 0) is 53.9 Å². The van der Waals surface area contributed by atoms with Crippen molar-refractivity contribution in [1.29, 1.82) is 0 Å². The van der Waals surface area contributed by atoms with Gasteiger partial charge >= 0.3 is 0 Å². The Morgan fingerprint density at radius 2 is 1.75 bits per heavy atom. The topological polar surface area (TPSA) is 44.4 Å². The molecular formula is C30H41Cl2N3O-2. The lowest BCUT2D eigenvalue weighted by molar-refractivity contribution is -0.142. The maximum absolute atomic E-state index is 14.4. The van der Waals surface area contributed by atoms with Gasteiger partial charge in [0.05, 0.1) is 5.92 Å². The zero-order chi connectivity index (χ0) is 23.7. The minimum atomic E-state index is -0.147. The van der Waals surface area contributed by atoms with Crippen LogP contribution in [-0.2, 0) is 16.8 Å². The van der Waals surface area contributed by atoms with Crippen LogP contribution in [0.3, 0.4) is 0 Å². The van der Waals surface area contributed by atoms with Gasteiger partial charge in [0.2, 0.25) is 5.91 Å². The van der Waals surface area contributed by atoms with Crippen LogP contribution < -0.4 is 35.4 Å². The number of aryl methyl sites for hydroxylation is 1. The van der Waals surface area contributed by atoms with Crippen LogP contribution in [0.5, 0.6) is 0 Å². The van der Waals surface area contributed by atoms with Crippen LogP contribution in [0, 0.1) is 18.8 Å². The van der Waals surface area contributed by atoms with Gasteiger partial charge in [-0.2, -0.15) is 0 Å². The van der Waals surface area contributed by atoms with Crippen molar-refractivity contribution in [2.75, 3.05) is 26.2 Å². The Kier molecular flexibility index (Phi) is 9.90. The van der Waals surface area contributed by atoms with Crippen LogP contribution in [0.15, 0.2) is 48.5 Å². The summed E-state index contributed by atoms with van der Waals surface area (Å²) in [4.78, 5) is 16.7. The lowest BCUT2D eigenvalue weighted by Gasteiger charge is -2.47. The minimum absolute atomic E-state index is 0. The first-order chi connectivity index (χ1) is 16.6.